The van der Waals surface area contributed by atoms with Gasteiger partial charge >= 0.3 is 0 Å². The van der Waals surface area contributed by atoms with Crippen LogP contribution >= 0.6 is 0 Å². The van der Waals surface area contributed by atoms with Crippen LogP contribution in [0.1, 0.15) is 38.2 Å². The smallest absolute Gasteiger partial charge is 0.260 e. The predicted molar refractivity (Wildman–Crippen MR) is 101 cm³/mol. The number of ether oxygens (including phenoxy) is 1. The van der Waals surface area contributed by atoms with Crippen LogP contribution in [0, 0.1) is 18.8 Å². The first-order chi connectivity index (χ1) is 12.5. The molecule has 5 nitrogen and oxygen atoms in total. The summed E-state index contributed by atoms with van der Waals surface area (Å²) in [6.07, 6.45) is 3.75. The third-order valence-corrected chi connectivity index (χ3v) is 5.74. The van der Waals surface area contributed by atoms with Gasteiger partial charge in [-0.05, 0) is 50.2 Å². The van der Waals surface area contributed by atoms with Gasteiger partial charge in [0.25, 0.3) is 5.91 Å². The molecule has 0 aromatic heterocycles. The van der Waals surface area contributed by atoms with Gasteiger partial charge in [-0.3, -0.25) is 9.59 Å². The molecule has 2 heterocycles. The summed E-state index contributed by atoms with van der Waals surface area (Å²) in [5.41, 5.74) is 1.03. The number of amides is 2. The predicted octanol–water partition coefficient (Wildman–Crippen LogP) is 2.87. The van der Waals surface area contributed by atoms with Crippen LogP contribution in [0.4, 0.5) is 0 Å². The molecule has 1 aromatic rings. The van der Waals surface area contributed by atoms with Crippen molar-refractivity contribution in [3.8, 4) is 5.75 Å². The summed E-state index contributed by atoms with van der Waals surface area (Å²) in [6.45, 7) is 7.37. The number of benzene rings is 1. The number of nitrogens with zero attached hydrogens (tertiary/aromatic N) is 2. The van der Waals surface area contributed by atoms with Crippen molar-refractivity contribution < 1.29 is 14.3 Å². The highest BCUT2D eigenvalue weighted by Gasteiger charge is 2.31. The van der Waals surface area contributed by atoms with Gasteiger partial charge in [0.2, 0.25) is 5.91 Å². The van der Waals surface area contributed by atoms with Crippen molar-refractivity contribution in [3.05, 3.63) is 29.8 Å². The summed E-state index contributed by atoms with van der Waals surface area (Å²) < 4.78 is 5.66. The number of piperidine rings is 2. The van der Waals surface area contributed by atoms with Crippen molar-refractivity contribution in [2.45, 2.75) is 39.5 Å². The second kappa shape index (κ2) is 8.56. The molecule has 0 atom stereocenters. The van der Waals surface area contributed by atoms with Gasteiger partial charge in [-0.2, -0.15) is 0 Å². The number of carbonyl (C=O) groups excluding carboxylic acids is 2. The highest BCUT2D eigenvalue weighted by molar-refractivity contribution is 5.80. The number of hydrogen-bond donors (Lipinski definition) is 0. The Kier molecular flexibility index (Phi) is 6.17. The molecule has 2 aliphatic heterocycles. The fourth-order valence-electron chi connectivity index (χ4n) is 3.81. The summed E-state index contributed by atoms with van der Waals surface area (Å²) in [6, 6.07) is 7.71. The van der Waals surface area contributed by atoms with Crippen LogP contribution in [-0.4, -0.2) is 54.4 Å². The van der Waals surface area contributed by atoms with E-state index in [0.29, 0.717) is 19.0 Å². The number of carbonyl (C=O) groups is 2. The minimum absolute atomic E-state index is 0.00551. The quantitative estimate of drug-likeness (QED) is 0.832. The molecule has 0 radical (unpaired) electrons. The average molecular weight is 358 g/mol. The van der Waals surface area contributed by atoms with Gasteiger partial charge in [0.1, 0.15) is 5.75 Å². The van der Waals surface area contributed by atoms with Crippen molar-refractivity contribution in [1.29, 1.82) is 0 Å². The van der Waals surface area contributed by atoms with Gasteiger partial charge in [0.15, 0.2) is 6.61 Å². The van der Waals surface area contributed by atoms with E-state index in [1.165, 1.54) is 0 Å². The number of likely N-dealkylation sites (tertiary alicyclic amines) is 2. The molecular weight excluding hydrogens is 328 g/mol. The SMILES string of the molecule is Cc1ccccc1OCC(=O)N1CCC(C(=O)N2CCC(C)CC2)CC1. The number of para-hydroxylation sites is 1. The first-order valence-corrected chi connectivity index (χ1v) is 9.79. The lowest BCUT2D eigenvalue weighted by molar-refractivity contribution is -0.142. The third kappa shape index (κ3) is 4.57. The first-order valence-electron chi connectivity index (χ1n) is 9.79. The summed E-state index contributed by atoms with van der Waals surface area (Å²) in [5, 5.41) is 0. The molecule has 2 aliphatic rings. The van der Waals surface area contributed by atoms with Crippen LogP contribution in [0.2, 0.25) is 0 Å². The maximum Gasteiger partial charge on any atom is 0.260 e. The largest absolute Gasteiger partial charge is 0.484 e. The van der Waals surface area contributed by atoms with E-state index in [1.807, 2.05) is 41.0 Å². The van der Waals surface area contributed by atoms with Crippen molar-refractivity contribution in [1.82, 2.24) is 9.80 Å². The van der Waals surface area contributed by atoms with E-state index in [1.54, 1.807) is 0 Å². The zero-order chi connectivity index (χ0) is 18.5. The molecule has 0 saturated carbocycles. The summed E-state index contributed by atoms with van der Waals surface area (Å²) in [4.78, 5) is 28.9. The second-order valence-electron chi connectivity index (χ2n) is 7.72. The Hall–Kier alpha value is -2.04. The molecule has 2 amide bonds. The molecule has 3 rings (SSSR count). The van der Waals surface area contributed by atoms with Crippen LogP contribution < -0.4 is 4.74 Å². The van der Waals surface area contributed by atoms with E-state index in [4.69, 9.17) is 4.74 Å². The van der Waals surface area contributed by atoms with Crippen molar-refractivity contribution in [2.24, 2.45) is 11.8 Å². The maximum atomic E-state index is 12.7. The lowest BCUT2D eigenvalue weighted by Gasteiger charge is -2.36. The average Bonchev–Trinajstić information content (AvgIpc) is 2.67. The Morgan fingerprint density at radius 2 is 1.62 bits per heavy atom. The molecule has 2 fully saturated rings. The van der Waals surface area contributed by atoms with Gasteiger partial charge < -0.3 is 14.5 Å². The lowest BCUT2D eigenvalue weighted by atomic mass is 9.92. The number of aryl methyl sites for hydroxylation is 1. The van der Waals surface area contributed by atoms with Crippen molar-refractivity contribution >= 4 is 11.8 Å². The Bertz CT molecular complexity index is 630. The van der Waals surface area contributed by atoms with Crippen LogP contribution in [0.3, 0.4) is 0 Å². The van der Waals surface area contributed by atoms with Crippen molar-refractivity contribution in [3.63, 3.8) is 0 Å². The first kappa shape index (κ1) is 18.7. The molecule has 0 N–H and O–H groups in total. The van der Waals surface area contributed by atoms with Gasteiger partial charge in [0.05, 0.1) is 0 Å². The molecule has 2 saturated heterocycles. The molecule has 0 aliphatic carbocycles. The normalized spacial score (nSPS) is 19.5. The van der Waals surface area contributed by atoms with Crippen LogP contribution in [0.25, 0.3) is 0 Å². The molecular formula is C21H30N2O3. The maximum absolute atomic E-state index is 12.7. The minimum atomic E-state index is 0.00551. The second-order valence-corrected chi connectivity index (χ2v) is 7.72. The zero-order valence-corrected chi connectivity index (χ0v) is 15.9. The molecule has 142 valence electrons. The fraction of sp³-hybridized carbons (Fsp3) is 0.619. The monoisotopic (exact) mass is 358 g/mol. The van der Waals surface area contributed by atoms with E-state index >= 15 is 0 Å². The third-order valence-electron chi connectivity index (χ3n) is 5.74. The minimum Gasteiger partial charge on any atom is -0.484 e. The Labute approximate surface area is 156 Å². The highest BCUT2D eigenvalue weighted by Crippen LogP contribution is 2.24. The molecule has 1 aromatic carbocycles. The summed E-state index contributed by atoms with van der Waals surface area (Å²) in [5.74, 6) is 1.85. The molecule has 0 unspecified atom stereocenters. The lowest BCUT2D eigenvalue weighted by Crippen LogP contribution is -2.47. The Balaban J connectivity index is 1.43. The van der Waals surface area contributed by atoms with E-state index in [0.717, 1.165) is 56.0 Å². The van der Waals surface area contributed by atoms with E-state index in [9.17, 15) is 9.59 Å². The van der Waals surface area contributed by atoms with Crippen LogP contribution in [0.15, 0.2) is 24.3 Å². The topological polar surface area (TPSA) is 49.9 Å². The van der Waals surface area contributed by atoms with E-state index < -0.39 is 0 Å². The number of rotatable bonds is 4. The van der Waals surface area contributed by atoms with E-state index in [2.05, 4.69) is 6.92 Å². The zero-order valence-electron chi connectivity index (χ0n) is 15.9. The van der Waals surface area contributed by atoms with Gasteiger partial charge in [-0.25, -0.2) is 0 Å². The fourth-order valence-corrected chi connectivity index (χ4v) is 3.81. The summed E-state index contributed by atoms with van der Waals surface area (Å²) >= 11 is 0. The van der Waals surface area contributed by atoms with Gasteiger partial charge in [-0.15, -0.1) is 0 Å². The van der Waals surface area contributed by atoms with E-state index in [-0.39, 0.29) is 18.4 Å². The molecule has 0 bridgehead atoms. The Morgan fingerprint density at radius 1 is 1.00 bits per heavy atom. The standard InChI is InChI=1S/C21H30N2O3/c1-16-7-11-23(12-8-16)21(25)18-9-13-22(14-10-18)20(24)15-26-19-6-4-3-5-17(19)2/h3-6,16,18H,7-15H2,1-2H3. The molecule has 0 spiro atoms. The molecule has 5 heteroatoms. The highest BCUT2D eigenvalue weighted by atomic mass is 16.5. The van der Waals surface area contributed by atoms with Crippen LogP contribution in [0.5, 0.6) is 5.75 Å². The van der Waals surface area contributed by atoms with Gasteiger partial charge in [0, 0.05) is 32.1 Å². The van der Waals surface area contributed by atoms with Crippen molar-refractivity contribution in [2.75, 3.05) is 32.8 Å². The number of hydrogen-bond acceptors (Lipinski definition) is 3. The molecule has 26 heavy (non-hydrogen) atoms. The summed E-state index contributed by atoms with van der Waals surface area (Å²) in [7, 11) is 0. The Morgan fingerprint density at radius 3 is 2.27 bits per heavy atom. The van der Waals surface area contributed by atoms with Gasteiger partial charge in [-0.1, -0.05) is 25.1 Å². The van der Waals surface area contributed by atoms with Crippen LogP contribution in [-0.2, 0) is 9.59 Å².